The van der Waals surface area contributed by atoms with Crippen LogP contribution in [0, 0.1) is 0 Å². The van der Waals surface area contributed by atoms with Gasteiger partial charge in [0.1, 0.15) is 0 Å². The maximum atomic E-state index is 10.1. The fraction of sp³-hybridized carbons (Fsp3) is 0.643. The minimum Gasteiger partial charge on any atom is -0.389 e. The van der Waals surface area contributed by atoms with E-state index in [2.05, 4.69) is 34.7 Å². The van der Waals surface area contributed by atoms with Crippen LogP contribution in [0.2, 0.25) is 0 Å². The number of fused-ring (bicyclic) bond motifs is 1. The van der Waals surface area contributed by atoms with Crippen LogP contribution in [-0.4, -0.2) is 39.7 Å². The van der Waals surface area contributed by atoms with Crippen LogP contribution in [0.25, 0.3) is 4.96 Å². The fourth-order valence-corrected chi connectivity index (χ4v) is 3.01. The molecule has 6 heteroatoms. The van der Waals surface area contributed by atoms with Gasteiger partial charge in [0.05, 0.1) is 11.3 Å². The van der Waals surface area contributed by atoms with E-state index in [1.54, 1.807) is 11.3 Å². The molecule has 0 saturated heterocycles. The molecule has 0 aromatic carbocycles. The fourth-order valence-electron chi connectivity index (χ4n) is 2.29. The standard InChI is InChI=1S/C14H24N4OS/c1-5-15-9-11-12(16-13-18(11)7-8-20-13)17(6-2)10-14(3,4)19/h7-8,15,19H,5-6,9-10H2,1-4H3. The van der Waals surface area contributed by atoms with Gasteiger partial charge < -0.3 is 15.3 Å². The second kappa shape index (κ2) is 6.11. The van der Waals surface area contributed by atoms with Crippen LogP contribution in [0.3, 0.4) is 0 Å². The quantitative estimate of drug-likeness (QED) is 0.821. The van der Waals surface area contributed by atoms with E-state index in [4.69, 9.17) is 4.98 Å². The van der Waals surface area contributed by atoms with E-state index >= 15 is 0 Å². The third-order valence-corrected chi connectivity index (χ3v) is 3.90. The van der Waals surface area contributed by atoms with Crippen molar-refractivity contribution in [1.29, 1.82) is 0 Å². The Kier molecular flexibility index (Phi) is 4.67. The van der Waals surface area contributed by atoms with Gasteiger partial charge in [0, 0.05) is 31.2 Å². The molecule has 2 rings (SSSR count). The summed E-state index contributed by atoms with van der Waals surface area (Å²) in [6.45, 7) is 11.0. The molecule has 2 N–H and O–H groups in total. The number of aromatic nitrogens is 2. The Morgan fingerprint density at radius 1 is 1.45 bits per heavy atom. The van der Waals surface area contributed by atoms with Crippen LogP contribution >= 0.6 is 11.3 Å². The first kappa shape index (κ1) is 15.3. The van der Waals surface area contributed by atoms with Crippen molar-refractivity contribution in [2.24, 2.45) is 0 Å². The van der Waals surface area contributed by atoms with Crippen molar-refractivity contribution >= 4 is 22.1 Å². The summed E-state index contributed by atoms with van der Waals surface area (Å²) in [4.78, 5) is 7.88. The van der Waals surface area contributed by atoms with Gasteiger partial charge in [0.2, 0.25) is 0 Å². The smallest absolute Gasteiger partial charge is 0.195 e. The Balaban J connectivity index is 2.37. The molecule has 0 spiro atoms. The van der Waals surface area contributed by atoms with Crippen molar-refractivity contribution in [2.75, 3.05) is 24.5 Å². The second-order valence-corrected chi connectivity index (χ2v) is 6.42. The molecular formula is C14H24N4OS. The molecule has 0 saturated carbocycles. The maximum Gasteiger partial charge on any atom is 0.195 e. The molecule has 5 nitrogen and oxygen atoms in total. The van der Waals surface area contributed by atoms with Crippen molar-refractivity contribution in [3.63, 3.8) is 0 Å². The van der Waals surface area contributed by atoms with Gasteiger partial charge in [-0.15, -0.1) is 11.3 Å². The van der Waals surface area contributed by atoms with Gasteiger partial charge in [-0.05, 0) is 27.3 Å². The van der Waals surface area contributed by atoms with Crippen LogP contribution in [0.5, 0.6) is 0 Å². The van der Waals surface area contributed by atoms with Crippen molar-refractivity contribution in [3.8, 4) is 0 Å². The Morgan fingerprint density at radius 3 is 2.80 bits per heavy atom. The number of anilines is 1. The lowest BCUT2D eigenvalue weighted by atomic mass is 10.1. The summed E-state index contributed by atoms with van der Waals surface area (Å²) in [6.07, 6.45) is 2.06. The zero-order valence-corrected chi connectivity index (χ0v) is 13.5. The van der Waals surface area contributed by atoms with E-state index in [9.17, 15) is 5.11 Å². The maximum absolute atomic E-state index is 10.1. The first-order valence-electron chi connectivity index (χ1n) is 7.08. The van der Waals surface area contributed by atoms with E-state index in [-0.39, 0.29) is 0 Å². The number of rotatable bonds is 7. The molecule has 0 unspecified atom stereocenters. The van der Waals surface area contributed by atoms with E-state index < -0.39 is 5.60 Å². The zero-order chi connectivity index (χ0) is 14.8. The highest BCUT2D eigenvalue weighted by molar-refractivity contribution is 7.15. The van der Waals surface area contributed by atoms with Gasteiger partial charge in [0.15, 0.2) is 10.8 Å². The normalized spacial score (nSPS) is 12.2. The predicted octanol–water partition coefficient (Wildman–Crippen LogP) is 2.10. The third-order valence-electron chi connectivity index (χ3n) is 3.14. The lowest BCUT2D eigenvalue weighted by Crippen LogP contribution is -2.39. The summed E-state index contributed by atoms with van der Waals surface area (Å²) in [5, 5.41) is 15.5. The Hall–Kier alpha value is -1.11. The van der Waals surface area contributed by atoms with Crippen LogP contribution < -0.4 is 10.2 Å². The molecule has 112 valence electrons. The van der Waals surface area contributed by atoms with Crippen LogP contribution in [0.1, 0.15) is 33.4 Å². The van der Waals surface area contributed by atoms with Crippen LogP contribution in [0.15, 0.2) is 11.6 Å². The molecule has 0 fully saturated rings. The van der Waals surface area contributed by atoms with Crippen molar-refractivity contribution in [3.05, 3.63) is 17.3 Å². The molecular weight excluding hydrogens is 272 g/mol. The van der Waals surface area contributed by atoms with E-state index in [1.807, 2.05) is 19.2 Å². The van der Waals surface area contributed by atoms with Gasteiger partial charge in [0.25, 0.3) is 0 Å². The molecule has 0 atom stereocenters. The zero-order valence-electron chi connectivity index (χ0n) is 12.7. The summed E-state index contributed by atoms with van der Waals surface area (Å²) in [6, 6.07) is 0. The van der Waals surface area contributed by atoms with Gasteiger partial charge in [-0.25, -0.2) is 4.98 Å². The lowest BCUT2D eigenvalue weighted by Gasteiger charge is -2.29. The largest absolute Gasteiger partial charge is 0.389 e. The summed E-state index contributed by atoms with van der Waals surface area (Å²) in [5.74, 6) is 0.974. The monoisotopic (exact) mass is 296 g/mol. The van der Waals surface area contributed by atoms with Gasteiger partial charge >= 0.3 is 0 Å². The summed E-state index contributed by atoms with van der Waals surface area (Å²) in [5.41, 5.74) is 0.428. The van der Waals surface area contributed by atoms with E-state index in [1.165, 1.54) is 0 Å². The van der Waals surface area contributed by atoms with E-state index in [0.717, 1.165) is 36.1 Å². The number of aliphatic hydroxyl groups is 1. The first-order chi connectivity index (χ1) is 9.46. The van der Waals surface area contributed by atoms with Gasteiger partial charge in [-0.2, -0.15) is 0 Å². The first-order valence-corrected chi connectivity index (χ1v) is 7.96. The third kappa shape index (κ3) is 3.31. The second-order valence-electron chi connectivity index (χ2n) is 5.54. The van der Waals surface area contributed by atoms with Crippen LogP contribution in [-0.2, 0) is 6.54 Å². The minimum atomic E-state index is -0.734. The molecule has 0 aliphatic rings. The highest BCUT2D eigenvalue weighted by Gasteiger charge is 2.23. The predicted molar refractivity (Wildman–Crippen MR) is 84.6 cm³/mol. The topological polar surface area (TPSA) is 52.8 Å². The molecule has 20 heavy (non-hydrogen) atoms. The molecule has 0 bridgehead atoms. The number of nitrogens with one attached hydrogen (secondary N) is 1. The molecule has 0 aliphatic carbocycles. The Bertz CT molecular complexity index is 555. The summed E-state index contributed by atoms with van der Waals surface area (Å²) >= 11 is 1.64. The van der Waals surface area contributed by atoms with Gasteiger partial charge in [-0.1, -0.05) is 6.92 Å². The lowest BCUT2D eigenvalue weighted by molar-refractivity contribution is 0.0874. The Labute approximate surface area is 124 Å². The van der Waals surface area contributed by atoms with Crippen molar-refractivity contribution in [2.45, 2.75) is 39.8 Å². The molecule has 2 aromatic rings. The number of imidazole rings is 1. The minimum absolute atomic E-state index is 0.577. The molecule has 2 heterocycles. The van der Waals surface area contributed by atoms with Crippen molar-refractivity contribution < 1.29 is 5.11 Å². The number of likely N-dealkylation sites (N-methyl/N-ethyl adjacent to an activating group) is 1. The average Bonchev–Trinajstić information content (AvgIpc) is 2.93. The summed E-state index contributed by atoms with van der Waals surface area (Å²) < 4.78 is 2.13. The Morgan fingerprint density at radius 2 is 2.20 bits per heavy atom. The number of nitrogens with zero attached hydrogens (tertiary/aromatic N) is 3. The number of hydrogen-bond donors (Lipinski definition) is 2. The highest BCUT2D eigenvalue weighted by Crippen LogP contribution is 2.25. The van der Waals surface area contributed by atoms with Crippen LogP contribution in [0.4, 0.5) is 5.82 Å². The number of hydrogen-bond acceptors (Lipinski definition) is 5. The van der Waals surface area contributed by atoms with E-state index in [0.29, 0.717) is 6.54 Å². The molecule has 2 aromatic heterocycles. The highest BCUT2D eigenvalue weighted by atomic mass is 32.1. The van der Waals surface area contributed by atoms with Crippen molar-refractivity contribution in [1.82, 2.24) is 14.7 Å². The summed E-state index contributed by atoms with van der Waals surface area (Å²) in [7, 11) is 0. The average molecular weight is 296 g/mol. The molecule has 0 radical (unpaired) electrons. The molecule has 0 amide bonds. The number of thiazole rings is 1. The SMILES string of the molecule is CCNCc1c(N(CC)CC(C)(C)O)nc2sccn12. The molecule has 0 aliphatic heterocycles. The van der Waals surface area contributed by atoms with Gasteiger partial charge in [-0.3, -0.25) is 4.40 Å².